The van der Waals surface area contributed by atoms with Crippen LogP contribution in [-0.4, -0.2) is 45.5 Å². The fourth-order valence-corrected chi connectivity index (χ4v) is 1.94. The number of aliphatic hydroxyl groups excluding tert-OH is 1. The molecule has 17 heavy (non-hydrogen) atoms. The highest BCUT2D eigenvalue weighted by Crippen LogP contribution is 2.15. The lowest BCUT2D eigenvalue weighted by Gasteiger charge is -2.10. The molecule has 0 radical (unpaired) electrons. The van der Waals surface area contributed by atoms with Crippen molar-refractivity contribution in [2.75, 3.05) is 13.1 Å². The van der Waals surface area contributed by atoms with Crippen LogP contribution in [0.2, 0.25) is 0 Å². The fraction of sp³-hybridized carbons (Fsp3) is 0.818. The summed E-state index contributed by atoms with van der Waals surface area (Å²) in [5.74, 6) is 1.64. The molecule has 0 saturated carbocycles. The van der Waals surface area contributed by atoms with E-state index < -0.39 is 12.3 Å². The number of hydrogen-bond donors (Lipinski definition) is 1. The first-order valence-corrected chi connectivity index (χ1v) is 5.90. The number of likely N-dealkylation sites (tertiary alicyclic amines) is 1. The first-order valence-electron chi connectivity index (χ1n) is 5.90. The van der Waals surface area contributed by atoms with Crippen molar-refractivity contribution in [3.8, 4) is 0 Å². The summed E-state index contributed by atoms with van der Waals surface area (Å²) >= 11 is 0. The summed E-state index contributed by atoms with van der Waals surface area (Å²) in [6.07, 6.45) is -1.31. The number of β-amino-alcohol motifs (C(OH)–C–C–N with tert-alkyl or cyclic N) is 1. The topological polar surface area (TPSA) is 62.4 Å². The summed E-state index contributed by atoms with van der Waals surface area (Å²) in [4.78, 5) is 6.03. The lowest BCUT2D eigenvalue weighted by molar-refractivity contribution is 0.115. The third-order valence-electron chi connectivity index (χ3n) is 2.75. The minimum absolute atomic E-state index is 0.231. The molecule has 0 aromatic carbocycles. The zero-order valence-electron chi connectivity index (χ0n) is 10.1. The normalized spacial score (nSPS) is 25.9. The van der Waals surface area contributed by atoms with Crippen LogP contribution in [-0.2, 0) is 13.0 Å². The molecule has 1 aliphatic rings. The van der Waals surface area contributed by atoms with Gasteiger partial charge in [-0.3, -0.25) is 4.90 Å². The molecule has 2 rings (SSSR count). The number of alkyl halides is 1. The summed E-state index contributed by atoms with van der Waals surface area (Å²) in [5.41, 5.74) is 0. The van der Waals surface area contributed by atoms with E-state index in [0.717, 1.165) is 6.42 Å². The quantitative estimate of drug-likeness (QED) is 0.846. The molecule has 5 nitrogen and oxygen atoms in total. The van der Waals surface area contributed by atoms with Crippen LogP contribution in [0.1, 0.15) is 25.6 Å². The molecule has 1 aliphatic heterocycles. The standard InChI is InChI=1S/C11H18FN3O2/c1-7(2)3-11-13-10(14-17-11)6-15-4-8(12)9(16)5-15/h7-9,16H,3-6H2,1-2H3/t8-,9-/m1/s1. The van der Waals surface area contributed by atoms with Gasteiger partial charge in [0.1, 0.15) is 6.17 Å². The Balaban J connectivity index is 1.89. The Hall–Kier alpha value is -1.01. The van der Waals surface area contributed by atoms with E-state index in [-0.39, 0.29) is 6.54 Å². The molecule has 6 heteroatoms. The molecule has 0 unspecified atom stereocenters. The number of rotatable bonds is 4. The monoisotopic (exact) mass is 243 g/mol. The first-order chi connectivity index (χ1) is 8.04. The van der Waals surface area contributed by atoms with Gasteiger partial charge in [-0.2, -0.15) is 4.98 Å². The van der Waals surface area contributed by atoms with Crippen molar-refractivity contribution in [1.82, 2.24) is 15.0 Å². The Bertz CT molecular complexity index is 359. The molecule has 0 spiro atoms. The highest BCUT2D eigenvalue weighted by Gasteiger charge is 2.31. The molecule has 1 aromatic rings. The average Bonchev–Trinajstić information content (AvgIpc) is 2.75. The second-order valence-corrected chi connectivity index (χ2v) is 4.98. The maximum atomic E-state index is 13.1. The van der Waals surface area contributed by atoms with Gasteiger partial charge in [0.05, 0.1) is 12.6 Å². The van der Waals surface area contributed by atoms with Gasteiger partial charge in [0.15, 0.2) is 5.82 Å². The van der Waals surface area contributed by atoms with E-state index >= 15 is 0 Å². The predicted molar refractivity (Wildman–Crippen MR) is 59.0 cm³/mol. The summed E-state index contributed by atoms with van der Waals surface area (Å²) < 4.78 is 18.2. The van der Waals surface area contributed by atoms with Crippen LogP contribution in [0, 0.1) is 5.92 Å². The zero-order valence-corrected chi connectivity index (χ0v) is 10.1. The molecule has 2 heterocycles. The Morgan fingerprint density at radius 1 is 1.53 bits per heavy atom. The average molecular weight is 243 g/mol. The number of halogens is 1. The predicted octanol–water partition coefficient (Wildman–Crippen LogP) is 0.783. The van der Waals surface area contributed by atoms with Crippen molar-refractivity contribution in [2.24, 2.45) is 5.92 Å². The third-order valence-corrected chi connectivity index (χ3v) is 2.75. The van der Waals surface area contributed by atoms with Crippen LogP contribution in [0.4, 0.5) is 4.39 Å². The van der Waals surface area contributed by atoms with Crippen molar-refractivity contribution in [3.63, 3.8) is 0 Å². The van der Waals surface area contributed by atoms with Crippen molar-refractivity contribution in [3.05, 3.63) is 11.7 Å². The number of nitrogens with zero attached hydrogens (tertiary/aromatic N) is 3. The van der Waals surface area contributed by atoms with Crippen LogP contribution in [0.5, 0.6) is 0 Å². The molecule has 96 valence electrons. The molecule has 1 saturated heterocycles. The van der Waals surface area contributed by atoms with E-state index in [9.17, 15) is 9.50 Å². The van der Waals surface area contributed by atoms with Gasteiger partial charge in [0.25, 0.3) is 0 Å². The van der Waals surface area contributed by atoms with E-state index in [2.05, 4.69) is 24.0 Å². The van der Waals surface area contributed by atoms with Crippen LogP contribution >= 0.6 is 0 Å². The highest BCUT2D eigenvalue weighted by atomic mass is 19.1. The van der Waals surface area contributed by atoms with Gasteiger partial charge < -0.3 is 9.63 Å². The van der Waals surface area contributed by atoms with E-state index in [1.54, 1.807) is 4.90 Å². The molecule has 1 N–H and O–H groups in total. The summed E-state index contributed by atoms with van der Waals surface area (Å²) in [7, 11) is 0. The molecule has 0 aliphatic carbocycles. The maximum Gasteiger partial charge on any atom is 0.226 e. The molecule has 2 atom stereocenters. The Kier molecular flexibility index (Phi) is 3.73. The second-order valence-electron chi connectivity index (χ2n) is 4.98. The van der Waals surface area contributed by atoms with E-state index in [0.29, 0.717) is 30.7 Å². The van der Waals surface area contributed by atoms with Crippen molar-refractivity contribution in [2.45, 2.75) is 39.1 Å². The van der Waals surface area contributed by atoms with Gasteiger partial charge in [0.2, 0.25) is 5.89 Å². The van der Waals surface area contributed by atoms with Gasteiger partial charge in [-0.1, -0.05) is 19.0 Å². The minimum Gasteiger partial charge on any atom is -0.389 e. The van der Waals surface area contributed by atoms with Gasteiger partial charge >= 0.3 is 0 Å². The number of hydrogen-bond acceptors (Lipinski definition) is 5. The van der Waals surface area contributed by atoms with Gasteiger partial charge in [0, 0.05) is 19.5 Å². The summed E-state index contributed by atoms with van der Waals surface area (Å²) in [6, 6.07) is 0. The van der Waals surface area contributed by atoms with Gasteiger partial charge in [-0.15, -0.1) is 0 Å². The fourth-order valence-electron chi connectivity index (χ4n) is 1.94. The highest BCUT2D eigenvalue weighted by molar-refractivity contribution is 4.91. The third kappa shape index (κ3) is 3.23. The lowest BCUT2D eigenvalue weighted by Crippen LogP contribution is -2.22. The molecule has 0 amide bonds. The molecule has 0 bridgehead atoms. The van der Waals surface area contributed by atoms with Crippen LogP contribution in [0.25, 0.3) is 0 Å². The Morgan fingerprint density at radius 2 is 2.29 bits per heavy atom. The smallest absolute Gasteiger partial charge is 0.226 e. The maximum absolute atomic E-state index is 13.1. The van der Waals surface area contributed by atoms with Crippen LogP contribution < -0.4 is 0 Å². The van der Waals surface area contributed by atoms with Crippen LogP contribution in [0.3, 0.4) is 0 Å². The van der Waals surface area contributed by atoms with Crippen LogP contribution in [0.15, 0.2) is 4.52 Å². The number of aliphatic hydroxyl groups is 1. The summed E-state index contributed by atoms with van der Waals surface area (Å²) in [6.45, 7) is 5.15. The van der Waals surface area contributed by atoms with Crippen molar-refractivity contribution in [1.29, 1.82) is 0 Å². The van der Waals surface area contributed by atoms with E-state index in [4.69, 9.17) is 4.52 Å². The number of aromatic nitrogens is 2. The lowest BCUT2D eigenvalue weighted by atomic mass is 10.1. The second kappa shape index (κ2) is 5.10. The van der Waals surface area contributed by atoms with Gasteiger partial charge in [-0.05, 0) is 5.92 Å². The molecule has 1 fully saturated rings. The molecule has 1 aromatic heterocycles. The Morgan fingerprint density at radius 3 is 2.88 bits per heavy atom. The van der Waals surface area contributed by atoms with Crippen molar-refractivity contribution >= 4 is 0 Å². The SMILES string of the molecule is CC(C)Cc1nc(CN2C[C@@H](O)[C@H](F)C2)no1. The summed E-state index contributed by atoms with van der Waals surface area (Å²) in [5, 5.41) is 13.1. The van der Waals surface area contributed by atoms with E-state index in [1.807, 2.05) is 0 Å². The minimum atomic E-state index is -1.17. The van der Waals surface area contributed by atoms with E-state index in [1.165, 1.54) is 0 Å². The molecular weight excluding hydrogens is 225 g/mol. The zero-order chi connectivity index (χ0) is 12.4. The van der Waals surface area contributed by atoms with Gasteiger partial charge in [-0.25, -0.2) is 4.39 Å². The largest absolute Gasteiger partial charge is 0.389 e. The Labute approximate surface area is 99.6 Å². The first kappa shape index (κ1) is 12.4. The van der Waals surface area contributed by atoms with Crippen molar-refractivity contribution < 1.29 is 14.0 Å². The molecular formula is C11H18FN3O2.